The molecule has 2 aromatic carbocycles. The van der Waals surface area contributed by atoms with Crippen molar-refractivity contribution in [3.63, 3.8) is 0 Å². The molecule has 0 radical (unpaired) electrons. The number of likely N-dealkylation sites (tertiary alicyclic amines) is 1. The third-order valence-electron chi connectivity index (χ3n) is 5.17. The van der Waals surface area contributed by atoms with Crippen molar-refractivity contribution in [2.45, 2.75) is 13.0 Å². The van der Waals surface area contributed by atoms with E-state index >= 15 is 0 Å². The van der Waals surface area contributed by atoms with Crippen molar-refractivity contribution in [2.24, 2.45) is 5.92 Å². The topological polar surface area (TPSA) is 82.3 Å². The van der Waals surface area contributed by atoms with E-state index in [4.69, 9.17) is 0 Å². The number of aromatic amines is 1. The van der Waals surface area contributed by atoms with Gasteiger partial charge in [0.05, 0.1) is 5.56 Å². The minimum absolute atomic E-state index is 0.0171. The molecule has 1 fully saturated rings. The highest BCUT2D eigenvalue weighted by atomic mass is 19.1. The van der Waals surface area contributed by atoms with Crippen molar-refractivity contribution in [3.8, 4) is 0 Å². The van der Waals surface area contributed by atoms with Crippen LogP contribution in [0.3, 0.4) is 0 Å². The van der Waals surface area contributed by atoms with E-state index in [0.29, 0.717) is 30.5 Å². The minimum Gasteiger partial charge on any atom is -0.360 e. The number of halogens is 1. The van der Waals surface area contributed by atoms with E-state index in [9.17, 15) is 18.8 Å². The quantitative estimate of drug-likeness (QED) is 0.499. The Morgan fingerprint density at radius 1 is 1.14 bits per heavy atom. The van der Waals surface area contributed by atoms with Crippen LogP contribution in [0.25, 0.3) is 10.9 Å². The molecule has 4 rings (SSSR count). The molecule has 29 heavy (non-hydrogen) atoms. The fourth-order valence-corrected chi connectivity index (χ4v) is 3.65. The lowest BCUT2D eigenvalue weighted by Gasteiger charge is -2.17. The fraction of sp³-hybridized carbons (Fsp3) is 0.227. The smallest absolute Gasteiger partial charge is 0.292 e. The van der Waals surface area contributed by atoms with Gasteiger partial charge >= 0.3 is 0 Å². The molecule has 0 bridgehead atoms. The summed E-state index contributed by atoms with van der Waals surface area (Å²) in [5.41, 5.74) is 1.97. The summed E-state index contributed by atoms with van der Waals surface area (Å²) in [6.45, 7) is 1.13. The van der Waals surface area contributed by atoms with Crippen LogP contribution in [0, 0.1) is 11.7 Å². The Kier molecular flexibility index (Phi) is 5.12. The van der Waals surface area contributed by atoms with Crippen LogP contribution < -0.4 is 5.32 Å². The summed E-state index contributed by atoms with van der Waals surface area (Å²) < 4.78 is 13.0. The highest BCUT2D eigenvalue weighted by molar-refractivity contribution is 6.44. The van der Waals surface area contributed by atoms with Crippen LogP contribution in [0.5, 0.6) is 0 Å². The molecule has 0 spiro atoms. The number of benzene rings is 2. The van der Waals surface area contributed by atoms with Gasteiger partial charge in [-0.1, -0.05) is 30.3 Å². The fourth-order valence-electron chi connectivity index (χ4n) is 3.65. The first-order valence-corrected chi connectivity index (χ1v) is 9.42. The predicted molar refractivity (Wildman–Crippen MR) is 106 cm³/mol. The zero-order chi connectivity index (χ0) is 20.4. The number of rotatable bonds is 6. The lowest BCUT2D eigenvalue weighted by Crippen LogP contribution is -2.35. The van der Waals surface area contributed by atoms with Gasteiger partial charge in [0.25, 0.3) is 11.7 Å². The Balaban J connectivity index is 1.33. The first kappa shape index (κ1) is 18.9. The van der Waals surface area contributed by atoms with Gasteiger partial charge in [-0.25, -0.2) is 4.39 Å². The maximum Gasteiger partial charge on any atom is 0.292 e. The molecule has 1 saturated heterocycles. The Hall–Kier alpha value is -3.48. The molecule has 2 N–H and O–H groups in total. The molecule has 3 aromatic rings. The summed E-state index contributed by atoms with van der Waals surface area (Å²) in [7, 11) is 0. The SMILES string of the molecule is O=C(NCC1CC(=O)N(Cc2ccc(F)cc2)C1)C(=O)c1c[nH]c2ccccc12. The molecule has 2 amide bonds. The van der Waals surface area contributed by atoms with Gasteiger partial charge in [0.1, 0.15) is 5.82 Å². The summed E-state index contributed by atoms with van der Waals surface area (Å²) in [6.07, 6.45) is 1.85. The second-order valence-electron chi connectivity index (χ2n) is 7.26. The van der Waals surface area contributed by atoms with Crippen LogP contribution in [0.1, 0.15) is 22.3 Å². The van der Waals surface area contributed by atoms with E-state index < -0.39 is 11.7 Å². The Morgan fingerprint density at radius 2 is 1.90 bits per heavy atom. The number of para-hydroxylation sites is 1. The van der Waals surface area contributed by atoms with Crippen molar-refractivity contribution >= 4 is 28.5 Å². The summed E-state index contributed by atoms with van der Waals surface area (Å²) in [4.78, 5) is 41.7. The highest BCUT2D eigenvalue weighted by Crippen LogP contribution is 2.21. The molecule has 6 nitrogen and oxygen atoms in total. The van der Waals surface area contributed by atoms with Crippen molar-refractivity contribution < 1.29 is 18.8 Å². The molecule has 0 saturated carbocycles. The molecular weight excluding hydrogens is 373 g/mol. The molecule has 7 heteroatoms. The first-order chi connectivity index (χ1) is 14.0. The molecule has 0 aliphatic carbocycles. The third kappa shape index (κ3) is 4.03. The van der Waals surface area contributed by atoms with Crippen molar-refractivity contribution in [2.75, 3.05) is 13.1 Å². The van der Waals surface area contributed by atoms with Gasteiger partial charge in [0.15, 0.2) is 0 Å². The van der Waals surface area contributed by atoms with Gasteiger partial charge in [-0.2, -0.15) is 0 Å². The van der Waals surface area contributed by atoms with E-state index in [-0.39, 0.29) is 24.2 Å². The number of fused-ring (bicyclic) bond motifs is 1. The molecule has 2 heterocycles. The van der Waals surface area contributed by atoms with Crippen LogP contribution in [-0.2, 0) is 16.1 Å². The van der Waals surface area contributed by atoms with E-state index in [2.05, 4.69) is 10.3 Å². The monoisotopic (exact) mass is 393 g/mol. The minimum atomic E-state index is -0.681. The van der Waals surface area contributed by atoms with Gasteiger partial charge in [-0.05, 0) is 23.8 Å². The second kappa shape index (κ2) is 7.87. The summed E-state index contributed by atoms with van der Waals surface area (Å²) in [5, 5.41) is 3.36. The molecule has 1 aliphatic rings. The van der Waals surface area contributed by atoms with Crippen LogP contribution in [0.15, 0.2) is 54.7 Å². The van der Waals surface area contributed by atoms with Crippen LogP contribution in [-0.4, -0.2) is 40.6 Å². The number of H-pyrrole nitrogens is 1. The predicted octanol–water partition coefficient (Wildman–Crippen LogP) is 2.65. The average Bonchev–Trinajstić information content (AvgIpc) is 3.31. The number of carbonyl (C=O) groups is 3. The Bertz CT molecular complexity index is 1070. The molecule has 1 aromatic heterocycles. The summed E-state index contributed by atoms with van der Waals surface area (Å²) in [5.74, 6) is -1.68. The number of carbonyl (C=O) groups excluding carboxylic acids is 3. The molecule has 148 valence electrons. The second-order valence-corrected chi connectivity index (χ2v) is 7.26. The number of ketones is 1. The Labute approximate surface area is 166 Å². The number of aromatic nitrogens is 1. The van der Waals surface area contributed by atoms with Gasteiger partial charge in [0.2, 0.25) is 5.91 Å². The largest absolute Gasteiger partial charge is 0.360 e. The number of Topliss-reactive ketones (excluding diaryl/α,β-unsaturated/α-hetero) is 1. The van der Waals surface area contributed by atoms with E-state index in [1.807, 2.05) is 18.2 Å². The van der Waals surface area contributed by atoms with Gasteiger partial charge in [-0.3, -0.25) is 14.4 Å². The zero-order valence-electron chi connectivity index (χ0n) is 15.7. The number of amides is 2. The van der Waals surface area contributed by atoms with E-state index in [1.54, 1.807) is 23.1 Å². The van der Waals surface area contributed by atoms with E-state index in [1.165, 1.54) is 18.3 Å². The van der Waals surface area contributed by atoms with Crippen molar-refractivity contribution in [1.82, 2.24) is 15.2 Å². The van der Waals surface area contributed by atoms with E-state index in [0.717, 1.165) is 11.1 Å². The molecular formula is C22H20FN3O3. The van der Waals surface area contributed by atoms with Crippen LogP contribution in [0.4, 0.5) is 4.39 Å². The average molecular weight is 393 g/mol. The Morgan fingerprint density at radius 3 is 2.69 bits per heavy atom. The molecule has 1 atom stereocenters. The zero-order valence-corrected chi connectivity index (χ0v) is 15.7. The highest BCUT2D eigenvalue weighted by Gasteiger charge is 2.30. The normalized spacial score (nSPS) is 16.4. The third-order valence-corrected chi connectivity index (χ3v) is 5.17. The van der Waals surface area contributed by atoms with Crippen LogP contribution in [0.2, 0.25) is 0 Å². The lowest BCUT2D eigenvalue weighted by molar-refractivity contribution is -0.128. The van der Waals surface area contributed by atoms with Crippen LogP contribution >= 0.6 is 0 Å². The number of hydrogen-bond donors (Lipinski definition) is 2. The maximum atomic E-state index is 13.0. The van der Waals surface area contributed by atoms with Crippen molar-refractivity contribution in [3.05, 3.63) is 71.7 Å². The van der Waals surface area contributed by atoms with Gasteiger partial charge < -0.3 is 15.2 Å². The number of nitrogens with zero attached hydrogens (tertiary/aromatic N) is 1. The number of hydrogen-bond acceptors (Lipinski definition) is 3. The van der Waals surface area contributed by atoms with Gasteiger partial charge in [-0.15, -0.1) is 0 Å². The molecule has 1 unspecified atom stereocenters. The first-order valence-electron chi connectivity index (χ1n) is 9.42. The lowest BCUT2D eigenvalue weighted by atomic mass is 10.1. The van der Waals surface area contributed by atoms with Crippen molar-refractivity contribution in [1.29, 1.82) is 0 Å². The summed E-state index contributed by atoms with van der Waals surface area (Å²) >= 11 is 0. The van der Waals surface area contributed by atoms with Gasteiger partial charge in [0, 0.05) is 49.1 Å². The summed E-state index contributed by atoms with van der Waals surface area (Å²) in [6, 6.07) is 13.3. The number of nitrogens with one attached hydrogen (secondary N) is 2. The maximum absolute atomic E-state index is 13.0. The standard InChI is InChI=1S/C22H20FN3O3/c23-16-7-5-14(6-8-16)12-26-13-15(9-20(26)27)10-25-22(29)21(28)18-11-24-19-4-2-1-3-17(18)19/h1-8,11,15,24H,9-10,12-13H2,(H,25,29). The molecule has 1 aliphatic heterocycles.